The lowest BCUT2D eigenvalue weighted by molar-refractivity contribution is -0.988. The second-order valence-corrected chi connectivity index (χ2v) is 7.10. The van der Waals surface area contributed by atoms with Gasteiger partial charge in [0.2, 0.25) is 0 Å². The lowest BCUT2D eigenvalue weighted by atomic mass is 10.1. The van der Waals surface area contributed by atoms with Crippen LogP contribution in [0.25, 0.3) is 10.9 Å². The van der Waals surface area contributed by atoms with Crippen LogP contribution in [0, 0.1) is 0 Å². The highest BCUT2D eigenvalue weighted by Gasteiger charge is 2.27. The van der Waals surface area contributed by atoms with Gasteiger partial charge in [-0.2, -0.15) is 0 Å². The lowest BCUT2D eigenvalue weighted by Crippen LogP contribution is -3.26. The first-order chi connectivity index (χ1) is 12.7. The first kappa shape index (κ1) is 17.1. The van der Waals surface area contributed by atoms with Crippen molar-refractivity contribution in [3.63, 3.8) is 0 Å². The number of piperazine rings is 1. The molecule has 1 saturated heterocycles. The molecule has 26 heavy (non-hydrogen) atoms. The number of fused-ring (bicyclic) bond motifs is 1. The second-order valence-electron chi connectivity index (χ2n) is 7.10. The smallest absolute Gasteiger partial charge is 0.132 e. The number of quaternary nitrogens is 2. The van der Waals surface area contributed by atoms with Gasteiger partial charge in [0.05, 0.1) is 7.11 Å². The van der Waals surface area contributed by atoms with Crippen molar-refractivity contribution in [2.45, 2.75) is 6.10 Å². The highest BCUT2D eigenvalue weighted by atomic mass is 16.5. The van der Waals surface area contributed by atoms with Crippen LogP contribution in [0.3, 0.4) is 0 Å². The molecular weight excluding hydrogens is 326 g/mol. The molecule has 5 nitrogen and oxygen atoms in total. The molecule has 2 heterocycles. The number of rotatable bonds is 5. The van der Waals surface area contributed by atoms with Crippen molar-refractivity contribution in [1.29, 1.82) is 0 Å². The third-order valence-corrected chi connectivity index (χ3v) is 5.50. The zero-order valence-corrected chi connectivity index (χ0v) is 15.2. The van der Waals surface area contributed by atoms with Crippen LogP contribution < -0.4 is 14.5 Å². The van der Waals surface area contributed by atoms with Gasteiger partial charge in [-0.1, -0.05) is 18.2 Å². The van der Waals surface area contributed by atoms with E-state index in [0.717, 1.165) is 54.9 Å². The molecule has 3 aromatic rings. The minimum absolute atomic E-state index is 0.468. The number of aromatic nitrogens is 1. The van der Waals surface area contributed by atoms with Gasteiger partial charge in [-0.25, -0.2) is 0 Å². The summed E-state index contributed by atoms with van der Waals surface area (Å²) in [5.74, 6) is 0.818. The van der Waals surface area contributed by atoms with Gasteiger partial charge in [0.15, 0.2) is 0 Å². The van der Waals surface area contributed by atoms with E-state index in [1.807, 2.05) is 24.4 Å². The third-order valence-electron chi connectivity index (χ3n) is 5.50. The molecular formula is C21H27N3O2+2. The van der Waals surface area contributed by atoms with Crippen molar-refractivity contribution in [1.82, 2.24) is 4.98 Å². The zero-order chi connectivity index (χ0) is 17.9. The molecule has 1 atom stereocenters. The van der Waals surface area contributed by atoms with Crippen molar-refractivity contribution in [3.8, 4) is 5.75 Å². The van der Waals surface area contributed by atoms with Crippen LogP contribution in [-0.4, -0.2) is 49.9 Å². The molecule has 4 N–H and O–H groups in total. The summed E-state index contributed by atoms with van der Waals surface area (Å²) in [5, 5.41) is 11.9. The Kier molecular flexibility index (Phi) is 4.93. The van der Waals surface area contributed by atoms with Crippen LogP contribution in [0.5, 0.6) is 5.75 Å². The highest BCUT2D eigenvalue weighted by Crippen LogP contribution is 2.27. The van der Waals surface area contributed by atoms with E-state index >= 15 is 0 Å². The summed E-state index contributed by atoms with van der Waals surface area (Å²) in [7, 11) is 1.67. The van der Waals surface area contributed by atoms with E-state index in [-0.39, 0.29) is 0 Å². The molecule has 0 radical (unpaired) electrons. The zero-order valence-electron chi connectivity index (χ0n) is 15.2. The van der Waals surface area contributed by atoms with Crippen LogP contribution in [-0.2, 0) is 0 Å². The fourth-order valence-corrected chi connectivity index (χ4v) is 3.98. The number of H-pyrrole nitrogens is 1. The Balaban J connectivity index is 1.41. The molecule has 1 aliphatic heterocycles. The minimum Gasteiger partial charge on any atom is -0.497 e. The molecule has 2 aromatic carbocycles. The molecule has 5 heteroatoms. The largest absolute Gasteiger partial charge is 0.497 e. The molecule has 136 valence electrons. The van der Waals surface area contributed by atoms with Gasteiger partial charge in [-0.15, -0.1) is 0 Å². The van der Waals surface area contributed by atoms with Gasteiger partial charge in [0, 0.05) is 22.7 Å². The first-order valence-electron chi connectivity index (χ1n) is 9.31. The Bertz CT molecular complexity index is 854. The maximum absolute atomic E-state index is 10.8. The molecule has 0 aliphatic carbocycles. The number of methoxy groups -OCH3 is 1. The van der Waals surface area contributed by atoms with Crippen molar-refractivity contribution in [2.24, 2.45) is 0 Å². The fraction of sp³-hybridized carbons (Fsp3) is 0.333. The quantitative estimate of drug-likeness (QED) is 0.534. The Morgan fingerprint density at radius 2 is 1.85 bits per heavy atom. The monoisotopic (exact) mass is 353 g/mol. The van der Waals surface area contributed by atoms with Gasteiger partial charge in [0.25, 0.3) is 0 Å². The molecule has 0 bridgehead atoms. The Hall–Kier alpha value is -2.34. The van der Waals surface area contributed by atoms with Crippen LogP contribution >= 0.6 is 0 Å². The number of aromatic amines is 1. The summed E-state index contributed by atoms with van der Waals surface area (Å²) < 4.78 is 5.33. The fourth-order valence-electron chi connectivity index (χ4n) is 3.98. The number of aliphatic hydroxyl groups is 1. The van der Waals surface area contributed by atoms with Gasteiger partial charge >= 0.3 is 0 Å². The van der Waals surface area contributed by atoms with Gasteiger partial charge in [-0.05, 0) is 30.3 Å². The third kappa shape index (κ3) is 3.46. The molecule has 1 aliphatic rings. The number of para-hydroxylation sites is 1. The Morgan fingerprint density at radius 3 is 2.58 bits per heavy atom. The van der Waals surface area contributed by atoms with Crippen LogP contribution in [0.4, 0.5) is 5.69 Å². The van der Waals surface area contributed by atoms with Crippen molar-refractivity contribution >= 4 is 16.6 Å². The molecule has 0 saturated carbocycles. The average Bonchev–Trinajstić information content (AvgIpc) is 3.12. The van der Waals surface area contributed by atoms with Gasteiger partial charge < -0.3 is 19.7 Å². The summed E-state index contributed by atoms with van der Waals surface area (Å²) in [5.41, 5.74) is 3.37. The summed E-state index contributed by atoms with van der Waals surface area (Å²) in [6.45, 7) is 5.10. The molecule has 1 aromatic heterocycles. The predicted octanol–water partition coefficient (Wildman–Crippen LogP) is 0.325. The molecule has 0 amide bonds. The summed E-state index contributed by atoms with van der Waals surface area (Å²) in [4.78, 5) is 6.27. The van der Waals surface area contributed by atoms with Crippen molar-refractivity contribution in [3.05, 3.63) is 60.3 Å². The highest BCUT2D eigenvalue weighted by molar-refractivity contribution is 5.85. The van der Waals surface area contributed by atoms with Crippen molar-refractivity contribution in [2.75, 3.05) is 39.8 Å². The SMILES string of the molecule is COc1ccc2[nH]cc([C@@H](O)C[NH+]3CC[NH+](c4ccccc4)CC3)c2c1. The maximum Gasteiger partial charge on any atom is 0.132 e. The Labute approximate surface area is 153 Å². The van der Waals surface area contributed by atoms with Gasteiger partial charge in [0.1, 0.15) is 50.3 Å². The van der Waals surface area contributed by atoms with E-state index < -0.39 is 6.10 Å². The summed E-state index contributed by atoms with van der Waals surface area (Å²) in [6.07, 6.45) is 1.46. The van der Waals surface area contributed by atoms with E-state index in [1.54, 1.807) is 12.0 Å². The minimum atomic E-state index is -0.468. The number of aliphatic hydroxyl groups excluding tert-OH is 1. The molecule has 0 unspecified atom stereocenters. The van der Waals surface area contributed by atoms with Gasteiger partial charge in [-0.3, -0.25) is 4.90 Å². The van der Waals surface area contributed by atoms with Crippen LogP contribution in [0.15, 0.2) is 54.7 Å². The van der Waals surface area contributed by atoms with Crippen LogP contribution in [0.2, 0.25) is 0 Å². The normalized spacial score (nSPS) is 21.6. The molecule has 0 spiro atoms. The van der Waals surface area contributed by atoms with Crippen LogP contribution in [0.1, 0.15) is 11.7 Å². The first-order valence-corrected chi connectivity index (χ1v) is 9.31. The van der Waals surface area contributed by atoms with E-state index in [0.29, 0.717) is 0 Å². The van der Waals surface area contributed by atoms with E-state index in [9.17, 15) is 5.11 Å². The van der Waals surface area contributed by atoms with Crippen molar-refractivity contribution < 1.29 is 19.6 Å². The van der Waals surface area contributed by atoms with E-state index in [1.165, 1.54) is 10.6 Å². The number of hydrogen-bond donors (Lipinski definition) is 4. The number of nitrogens with one attached hydrogen (secondary N) is 3. The summed E-state index contributed by atoms with van der Waals surface area (Å²) in [6, 6.07) is 16.6. The Morgan fingerprint density at radius 1 is 1.08 bits per heavy atom. The molecule has 4 rings (SSSR count). The van der Waals surface area contributed by atoms with E-state index in [4.69, 9.17) is 4.74 Å². The van der Waals surface area contributed by atoms with E-state index in [2.05, 4.69) is 35.3 Å². The number of benzene rings is 2. The number of hydrogen-bond acceptors (Lipinski definition) is 2. The average molecular weight is 353 g/mol. The topological polar surface area (TPSA) is 54.1 Å². The lowest BCUT2D eigenvalue weighted by Gasteiger charge is -2.30. The maximum atomic E-state index is 10.8. The standard InChI is InChI=1S/C21H25N3O2/c1-26-17-7-8-20-18(13-17)19(14-22-20)21(25)15-23-9-11-24(12-10-23)16-5-3-2-4-6-16/h2-8,13-14,21-22,25H,9-12,15H2,1H3/p+2/t21-/m0/s1. The number of ether oxygens (including phenoxy) is 1. The summed E-state index contributed by atoms with van der Waals surface area (Å²) >= 11 is 0. The molecule has 1 fully saturated rings. The predicted molar refractivity (Wildman–Crippen MR) is 102 cm³/mol. The second kappa shape index (κ2) is 7.50.